The quantitative estimate of drug-likeness (QED) is 0.893. The summed E-state index contributed by atoms with van der Waals surface area (Å²) in [5.41, 5.74) is 2.12. The molecular weight excluding hydrogens is 322 g/mol. The van der Waals surface area contributed by atoms with E-state index in [4.69, 9.17) is 0 Å². The maximum atomic E-state index is 12.5. The average molecular weight is 343 g/mol. The molecule has 1 aromatic heterocycles. The molecule has 126 valence electrons. The molecule has 2 heterocycles. The largest absolute Gasteiger partial charge is 0.390 e. The van der Waals surface area contributed by atoms with Crippen LogP contribution in [0.15, 0.2) is 30.5 Å². The molecule has 1 aromatic carbocycles. The van der Waals surface area contributed by atoms with Gasteiger partial charge in [0.15, 0.2) is 0 Å². The first-order valence-electron chi connectivity index (χ1n) is 8.44. The second-order valence-electron chi connectivity index (χ2n) is 6.52. The lowest BCUT2D eigenvalue weighted by Crippen LogP contribution is -2.33. The fraction of sp³-hybridized carbons (Fsp3) is 0.444. The molecule has 2 N–H and O–H groups in total. The van der Waals surface area contributed by atoms with Crippen LogP contribution < -0.4 is 5.32 Å². The molecule has 4 rings (SSSR count). The van der Waals surface area contributed by atoms with Crippen molar-refractivity contribution < 1.29 is 9.90 Å². The third kappa shape index (κ3) is 3.09. The highest BCUT2D eigenvalue weighted by molar-refractivity contribution is 7.13. The molecule has 2 aliphatic rings. The molecule has 1 fully saturated rings. The van der Waals surface area contributed by atoms with Gasteiger partial charge in [0.25, 0.3) is 5.91 Å². The lowest BCUT2D eigenvalue weighted by atomic mass is 10.1. The molecule has 1 saturated heterocycles. The van der Waals surface area contributed by atoms with E-state index >= 15 is 0 Å². The summed E-state index contributed by atoms with van der Waals surface area (Å²) in [7, 11) is 0. The number of hydrogen-bond acceptors (Lipinski definition) is 5. The Labute approximate surface area is 145 Å². The van der Waals surface area contributed by atoms with Crippen molar-refractivity contribution >= 4 is 17.2 Å². The molecule has 0 bridgehead atoms. The van der Waals surface area contributed by atoms with Gasteiger partial charge >= 0.3 is 0 Å². The fourth-order valence-electron chi connectivity index (χ4n) is 3.58. The molecule has 0 unspecified atom stereocenters. The standard InChI is InChI=1S/C18H21N3O2S/c22-14-9-12-5-1-2-6-13(12)17(14)20-18(23)15-10-19-16(24-15)11-21-7-3-4-8-21/h1-2,5-6,10,14,17,22H,3-4,7-9,11H2,(H,20,23)/t14-,17-/m1/s1. The number of aliphatic hydroxyl groups excluding tert-OH is 1. The summed E-state index contributed by atoms with van der Waals surface area (Å²) in [5.74, 6) is -0.152. The average Bonchev–Trinajstić information content (AvgIpc) is 3.30. The van der Waals surface area contributed by atoms with Crippen LogP contribution in [-0.2, 0) is 13.0 Å². The maximum Gasteiger partial charge on any atom is 0.263 e. The Kier molecular flexibility index (Phi) is 4.35. The number of thiazole rings is 1. The second kappa shape index (κ2) is 6.63. The molecule has 2 aromatic rings. The van der Waals surface area contributed by atoms with E-state index in [1.807, 2.05) is 24.3 Å². The van der Waals surface area contributed by atoms with Gasteiger partial charge in [-0.05, 0) is 37.1 Å². The number of carbonyl (C=O) groups excluding carboxylic acids is 1. The number of amides is 1. The van der Waals surface area contributed by atoms with Gasteiger partial charge in [0.2, 0.25) is 0 Å². The van der Waals surface area contributed by atoms with E-state index in [0.717, 1.165) is 35.8 Å². The van der Waals surface area contributed by atoms with Crippen LogP contribution in [0.25, 0.3) is 0 Å². The van der Waals surface area contributed by atoms with Crippen molar-refractivity contribution in [2.45, 2.75) is 38.0 Å². The zero-order chi connectivity index (χ0) is 16.5. The number of nitrogens with zero attached hydrogens (tertiary/aromatic N) is 2. The van der Waals surface area contributed by atoms with E-state index < -0.39 is 6.10 Å². The summed E-state index contributed by atoms with van der Waals surface area (Å²) in [4.78, 5) is 19.9. The third-order valence-electron chi connectivity index (χ3n) is 4.83. The summed E-state index contributed by atoms with van der Waals surface area (Å²) in [5, 5.41) is 14.2. The van der Waals surface area contributed by atoms with Gasteiger partial charge in [0, 0.05) is 6.42 Å². The van der Waals surface area contributed by atoms with Crippen LogP contribution in [-0.4, -0.2) is 40.1 Å². The molecule has 1 aliphatic carbocycles. The topological polar surface area (TPSA) is 65.5 Å². The Hall–Kier alpha value is -1.76. The highest BCUT2D eigenvalue weighted by Crippen LogP contribution is 2.31. The number of aliphatic hydroxyl groups is 1. The van der Waals surface area contributed by atoms with Gasteiger partial charge in [-0.3, -0.25) is 9.69 Å². The van der Waals surface area contributed by atoms with Crippen LogP contribution in [0.2, 0.25) is 0 Å². The Bertz CT molecular complexity index is 739. The first-order chi connectivity index (χ1) is 11.7. The normalized spacial score (nSPS) is 23.4. The van der Waals surface area contributed by atoms with Crippen LogP contribution in [0.5, 0.6) is 0 Å². The predicted molar refractivity (Wildman–Crippen MR) is 93.0 cm³/mol. The molecule has 2 atom stereocenters. The first-order valence-corrected chi connectivity index (χ1v) is 9.26. The summed E-state index contributed by atoms with van der Waals surface area (Å²) < 4.78 is 0. The number of rotatable bonds is 4. The van der Waals surface area contributed by atoms with E-state index in [9.17, 15) is 9.90 Å². The number of nitrogens with one attached hydrogen (secondary N) is 1. The number of hydrogen-bond donors (Lipinski definition) is 2. The van der Waals surface area contributed by atoms with Crippen LogP contribution in [0, 0.1) is 0 Å². The maximum absolute atomic E-state index is 12.5. The summed E-state index contributed by atoms with van der Waals surface area (Å²) >= 11 is 1.45. The number of fused-ring (bicyclic) bond motifs is 1. The second-order valence-corrected chi connectivity index (χ2v) is 7.64. The van der Waals surface area contributed by atoms with Crippen molar-refractivity contribution in [2.75, 3.05) is 13.1 Å². The van der Waals surface area contributed by atoms with Crippen LogP contribution >= 0.6 is 11.3 Å². The number of likely N-dealkylation sites (tertiary alicyclic amines) is 1. The van der Waals surface area contributed by atoms with E-state index in [-0.39, 0.29) is 11.9 Å². The van der Waals surface area contributed by atoms with Crippen LogP contribution in [0.4, 0.5) is 0 Å². The molecular formula is C18H21N3O2S. The van der Waals surface area contributed by atoms with E-state index in [0.29, 0.717) is 11.3 Å². The minimum absolute atomic E-state index is 0.152. The lowest BCUT2D eigenvalue weighted by molar-refractivity contribution is 0.0862. The highest BCUT2D eigenvalue weighted by Gasteiger charge is 2.32. The van der Waals surface area contributed by atoms with Gasteiger partial charge in [0.1, 0.15) is 9.88 Å². The van der Waals surface area contributed by atoms with Crippen molar-refractivity contribution in [2.24, 2.45) is 0 Å². The molecule has 5 nitrogen and oxygen atoms in total. The van der Waals surface area contributed by atoms with Crippen molar-refractivity contribution in [3.05, 3.63) is 51.5 Å². The minimum Gasteiger partial charge on any atom is -0.390 e. The molecule has 1 amide bonds. The molecule has 0 saturated carbocycles. The van der Waals surface area contributed by atoms with Gasteiger partial charge in [-0.15, -0.1) is 11.3 Å². The third-order valence-corrected chi connectivity index (χ3v) is 5.81. The van der Waals surface area contributed by atoms with Crippen molar-refractivity contribution in [1.82, 2.24) is 15.2 Å². The summed E-state index contributed by atoms with van der Waals surface area (Å²) in [6.45, 7) is 3.06. The zero-order valence-corrected chi connectivity index (χ0v) is 14.3. The summed E-state index contributed by atoms with van der Waals surface area (Å²) in [6.07, 6.45) is 4.17. The van der Waals surface area contributed by atoms with Gasteiger partial charge in [-0.25, -0.2) is 4.98 Å². The number of benzene rings is 1. The zero-order valence-electron chi connectivity index (χ0n) is 13.4. The molecule has 0 spiro atoms. The SMILES string of the molecule is O=C(N[C@@H]1c2ccccc2C[C@H]1O)c1cnc(CN2CCCC2)s1. The van der Waals surface area contributed by atoms with Crippen LogP contribution in [0.3, 0.4) is 0 Å². The molecule has 24 heavy (non-hydrogen) atoms. The van der Waals surface area contributed by atoms with Crippen molar-refractivity contribution in [3.63, 3.8) is 0 Å². The smallest absolute Gasteiger partial charge is 0.263 e. The molecule has 6 heteroatoms. The molecule has 1 aliphatic heterocycles. The predicted octanol–water partition coefficient (Wildman–Crippen LogP) is 2.13. The Balaban J connectivity index is 1.44. The first kappa shape index (κ1) is 15.7. The molecule has 0 radical (unpaired) electrons. The van der Waals surface area contributed by atoms with Gasteiger partial charge in [-0.1, -0.05) is 24.3 Å². The number of aromatic nitrogens is 1. The Morgan fingerprint density at radius 2 is 2.12 bits per heavy atom. The lowest BCUT2D eigenvalue weighted by Gasteiger charge is -2.17. The monoisotopic (exact) mass is 343 g/mol. The Morgan fingerprint density at radius 3 is 2.96 bits per heavy atom. The van der Waals surface area contributed by atoms with Crippen molar-refractivity contribution in [3.8, 4) is 0 Å². The fourth-order valence-corrected chi connectivity index (χ4v) is 4.44. The van der Waals surface area contributed by atoms with E-state index in [1.54, 1.807) is 6.20 Å². The van der Waals surface area contributed by atoms with Gasteiger partial charge in [-0.2, -0.15) is 0 Å². The van der Waals surface area contributed by atoms with Crippen molar-refractivity contribution in [1.29, 1.82) is 0 Å². The van der Waals surface area contributed by atoms with Gasteiger partial charge in [0.05, 0.1) is 24.9 Å². The van der Waals surface area contributed by atoms with E-state index in [1.165, 1.54) is 24.2 Å². The summed E-state index contributed by atoms with van der Waals surface area (Å²) in [6, 6.07) is 7.55. The van der Waals surface area contributed by atoms with Gasteiger partial charge < -0.3 is 10.4 Å². The number of carbonyl (C=O) groups is 1. The van der Waals surface area contributed by atoms with E-state index in [2.05, 4.69) is 15.2 Å². The minimum atomic E-state index is -0.566. The highest BCUT2D eigenvalue weighted by atomic mass is 32.1. The van der Waals surface area contributed by atoms with Crippen LogP contribution in [0.1, 0.15) is 44.7 Å². The Morgan fingerprint density at radius 1 is 1.33 bits per heavy atom.